The number of rotatable bonds is 3. The van der Waals surface area contributed by atoms with Crippen LogP contribution in [-0.2, 0) is 6.42 Å². The molecule has 0 amide bonds. The van der Waals surface area contributed by atoms with Crippen LogP contribution in [0.15, 0.2) is 60.2 Å². The van der Waals surface area contributed by atoms with Gasteiger partial charge in [-0.3, -0.25) is 4.98 Å². The van der Waals surface area contributed by atoms with Crippen LogP contribution in [0.25, 0.3) is 10.4 Å². The van der Waals surface area contributed by atoms with Crippen LogP contribution in [-0.4, -0.2) is 4.98 Å². The maximum absolute atomic E-state index is 5.91. The summed E-state index contributed by atoms with van der Waals surface area (Å²) in [6, 6.07) is 14.3. The fourth-order valence-corrected chi connectivity index (χ4v) is 3.02. The van der Waals surface area contributed by atoms with Gasteiger partial charge in [0.05, 0.1) is 0 Å². The summed E-state index contributed by atoms with van der Waals surface area (Å²) >= 11 is 7.68. The van der Waals surface area contributed by atoms with E-state index in [1.54, 1.807) is 11.3 Å². The first-order valence-electron chi connectivity index (χ1n) is 6.03. The van der Waals surface area contributed by atoms with Crippen molar-refractivity contribution >= 4 is 22.9 Å². The van der Waals surface area contributed by atoms with Crippen LogP contribution in [0.2, 0.25) is 5.02 Å². The largest absolute Gasteiger partial charge is 0.265 e. The lowest BCUT2D eigenvalue weighted by atomic mass is 10.1. The van der Waals surface area contributed by atoms with Crippen LogP contribution in [0.5, 0.6) is 0 Å². The number of hydrogen-bond acceptors (Lipinski definition) is 2. The zero-order valence-electron chi connectivity index (χ0n) is 10.2. The molecule has 19 heavy (non-hydrogen) atoms. The predicted octanol–water partition coefficient (Wildman–Crippen LogP) is 5.05. The molecule has 3 rings (SSSR count). The van der Waals surface area contributed by atoms with Crippen molar-refractivity contribution in [1.29, 1.82) is 0 Å². The third-order valence-electron chi connectivity index (χ3n) is 2.94. The molecular formula is C16H12ClNS. The molecule has 0 radical (unpaired) electrons. The minimum absolute atomic E-state index is 0.775. The number of halogens is 1. The minimum Gasteiger partial charge on any atom is -0.265 e. The molecule has 2 heterocycles. The van der Waals surface area contributed by atoms with Gasteiger partial charge in [-0.15, -0.1) is 11.3 Å². The van der Waals surface area contributed by atoms with Gasteiger partial charge in [0.15, 0.2) is 0 Å². The van der Waals surface area contributed by atoms with Gasteiger partial charge < -0.3 is 0 Å². The Hall–Kier alpha value is -1.64. The Kier molecular flexibility index (Phi) is 3.62. The van der Waals surface area contributed by atoms with Crippen molar-refractivity contribution < 1.29 is 0 Å². The Morgan fingerprint density at radius 3 is 2.42 bits per heavy atom. The Balaban J connectivity index is 1.82. The van der Waals surface area contributed by atoms with Crippen molar-refractivity contribution in [1.82, 2.24) is 4.98 Å². The maximum atomic E-state index is 5.91. The van der Waals surface area contributed by atoms with Gasteiger partial charge in [-0.05, 0) is 58.8 Å². The fourth-order valence-electron chi connectivity index (χ4n) is 1.97. The molecule has 0 N–H and O–H groups in total. The Morgan fingerprint density at radius 1 is 0.947 bits per heavy atom. The zero-order chi connectivity index (χ0) is 13.1. The third kappa shape index (κ3) is 3.03. The van der Waals surface area contributed by atoms with E-state index >= 15 is 0 Å². The van der Waals surface area contributed by atoms with E-state index in [1.165, 1.54) is 21.6 Å². The molecule has 0 spiro atoms. The normalized spacial score (nSPS) is 10.6. The number of hydrogen-bond donors (Lipinski definition) is 0. The fraction of sp³-hybridized carbons (Fsp3) is 0.0625. The Labute approximate surface area is 121 Å². The van der Waals surface area contributed by atoms with Crippen molar-refractivity contribution in [2.24, 2.45) is 0 Å². The molecule has 0 bridgehead atoms. The summed E-state index contributed by atoms with van der Waals surface area (Å²) in [6.07, 6.45) is 4.62. The van der Waals surface area contributed by atoms with Crippen molar-refractivity contribution in [2.45, 2.75) is 6.42 Å². The summed E-state index contributed by atoms with van der Waals surface area (Å²) in [4.78, 5) is 5.32. The highest BCUT2D eigenvalue weighted by Gasteiger charge is 2.03. The number of aromatic nitrogens is 1. The molecule has 94 valence electrons. The summed E-state index contributed by atoms with van der Waals surface area (Å²) in [5.41, 5.74) is 3.84. The summed E-state index contributed by atoms with van der Waals surface area (Å²) in [6.45, 7) is 0. The van der Waals surface area contributed by atoms with E-state index in [-0.39, 0.29) is 0 Å². The molecular weight excluding hydrogens is 274 g/mol. The molecule has 0 aliphatic heterocycles. The van der Waals surface area contributed by atoms with E-state index in [4.69, 9.17) is 11.6 Å². The number of pyridine rings is 1. The maximum Gasteiger partial charge on any atom is 0.0406 e. The zero-order valence-corrected chi connectivity index (χ0v) is 11.8. The summed E-state index contributed by atoms with van der Waals surface area (Å²) < 4.78 is 0. The van der Waals surface area contributed by atoms with Gasteiger partial charge in [0.1, 0.15) is 0 Å². The highest BCUT2D eigenvalue weighted by molar-refractivity contribution is 7.13. The second-order valence-corrected chi connectivity index (χ2v) is 5.71. The summed E-state index contributed by atoms with van der Waals surface area (Å²) in [5.74, 6) is 0. The third-order valence-corrected chi connectivity index (χ3v) is 4.22. The first-order chi connectivity index (χ1) is 9.31. The van der Waals surface area contributed by atoms with Gasteiger partial charge >= 0.3 is 0 Å². The van der Waals surface area contributed by atoms with Crippen molar-refractivity contribution in [2.75, 3.05) is 0 Å². The quantitative estimate of drug-likeness (QED) is 0.656. The first-order valence-corrected chi connectivity index (χ1v) is 7.29. The van der Waals surface area contributed by atoms with Crippen molar-refractivity contribution in [3.05, 3.63) is 76.4 Å². The second kappa shape index (κ2) is 5.55. The van der Waals surface area contributed by atoms with Crippen LogP contribution >= 0.6 is 22.9 Å². The van der Waals surface area contributed by atoms with Gasteiger partial charge in [-0.1, -0.05) is 23.7 Å². The van der Waals surface area contributed by atoms with E-state index in [1.807, 2.05) is 24.5 Å². The van der Waals surface area contributed by atoms with Gasteiger partial charge in [0, 0.05) is 22.3 Å². The van der Waals surface area contributed by atoms with Crippen molar-refractivity contribution in [3.63, 3.8) is 0 Å². The van der Waals surface area contributed by atoms with E-state index < -0.39 is 0 Å². The molecule has 1 nitrogen and oxygen atoms in total. The molecule has 0 aliphatic rings. The molecule has 1 aromatic carbocycles. The van der Waals surface area contributed by atoms with Crippen LogP contribution in [0.3, 0.4) is 0 Å². The van der Waals surface area contributed by atoms with E-state index in [0.29, 0.717) is 0 Å². The number of benzene rings is 1. The van der Waals surface area contributed by atoms with Crippen LogP contribution in [0, 0.1) is 0 Å². The minimum atomic E-state index is 0.775. The molecule has 0 saturated heterocycles. The average molecular weight is 286 g/mol. The lowest BCUT2D eigenvalue weighted by Gasteiger charge is -1.98. The monoisotopic (exact) mass is 285 g/mol. The number of thiophene rings is 1. The molecule has 0 saturated carbocycles. The predicted molar refractivity (Wildman–Crippen MR) is 81.8 cm³/mol. The molecule has 3 aromatic rings. The molecule has 0 aliphatic carbocycles. The van der Waals surface area contributed by atoms with Gasteiger partial charge in [0.25, 0.3) is 0 Å². The second-order valence-electron chi connectivity index (χ2n) is 4.36. The van der Waals surface area contributed by atoms with E-state index in [0.717, 1.165) is 11.4 Å². The summed E-state index contributed by atoms with van der Waals surface area (Å²) in [5, 5.41) is 2.99. The van der Waals surface area contributed by atoms with Gasteiger partial charge in [-0.25, -0.2) is 0 Å². The molecule has 2 aromatic heterocycles. The Morgan fingerprint density at radius 2 is 1.68 bits per heavy atom. The lowest BCUT2D eigenvalue weighted by molar-refractivity contribution is 1.17. The van der Waals surface area contributed by atoms with Crippen LogP contribution < -0.4 is 0 Å². The molecule has 0 fully saturated rings. The smallest absolute Gasteiger partial charge is 0.0406 e. The Bertz CT molecular complexity index is 659. The van der Waals surface area contributed by atoms with Crippen molar-refractivity contribution in [3.8, 4) is 10.4 Å². The topological polar surface area (TPSA) is 12.9 Å². The highest BCUT2D eigenvalue weighted by atomic mass is 35.5. The lowest BCUT2D eigenvalue weighted by Crippen LogP contribution is -1.85. The SMILES string of the molecule is Clc1ccc(-c2cc(Cc3ccncc3)cs2)cc1. The molecule has 0 atom stereocenters. The van der Waals surface area contributed by atoms with Crippen LogP contribution in [0.1, 0.15) is 11.1 Å². The van der Waals surface area contributed by atoms with E-state index in [9.17, 15) is 0 Å². The first kappa shape index (κ1) is 12.4. The molecule has 3 heteroatoms. The van der Waals surface area contributed by atoms with Gasteiger partial charge in [0.2, 0.25) is 0 Å². The van der Waals surface area contributed by atoms with E-state index in [2.05, 4.69) is 40.7 Å². The standard InChI is InChI=1S/C16H12ClNS/c17-15-3-1-14(2-4-15)16-10-13(11-19-16)9-12-5-7-18-8-6-12/h1-8,10-11H,9H2. The van der Waals surface area contributed by atoms with Crippen LogP contribution in [0.4, 0.5) is 0 Å². The number of nitrogens with zero attached hydrogens (tertiary/aromatic N) is 1. The average Bonchev–Trinajstić information content (AvgIpc) is 2.89. The van der Waals surface area contributed by atoms with Gasteiger partial charge in [-0.2, -0.15) is 0 Å². The highest BCUT2D eigenvalue weighted by Crippen LogP contribution is 2.29. The summed E-state index contributed by atoms with van der Waals surface area (Å²) in [7, 11) is 0. The molecule has 0 unspecified atom stereocenters.